The fourth-order valence-corrected chi connectivity index (χ4v) is 2.16. The van der Waals surface area contributed by atoms with Gasteiger partial charge >= 0.3 is 6.18 Å². The Balaban J connectivity index is 0.000000162. The molecule has 118 valence electrons. The first-order chi connectivity index (χ1) is 10.4. The molecule has 2 aromatic rings. The number of nitrogens with zero attached hydrogens (tertiary/aromatic N) is 3. The highest BCUT2D eigenvalue weighted by molar-refractivity contribution is 5.77. The molecule has 0 atom stereocenters. The van der Waals surface area contributed by atoms with Crippen LogP contribution in [-0.2, 0) is 0 Å². The van der Waals surface area contributed by atoms with Crippen LogP contribution in [0.3, 0.4) is 0 Å². The largest absolute Gasteiger partial charge is 0.432 e. The Labute approximate surface area is 127 Å². The first-order valence-corrected chi connectivity index (χ1v) is 6.95. The number of benzene rings is 1. The van der Waals surface area contributed by atoms with Crippen molar-refractivity contribution in [2.24, 2.45) is 0 Å². The third-order valence-electron chi connectivity index (χ3n) is 3.32. The molecule has 1 aliphatic rings. The number of alkyl halides is 3. The van der Waals surface area contributed by atoms with Crippen LogP contribution in [0, 0.1) is 0 Å². The summed E-state index contributed by atoms with van der Waals surface area (Å²) in [6.45, 7) is 2.75. The normalized spacial score (nSPS) is 14.7. The van der Waals surface area contributed by atoms with E-state index in [-0.39, 0.29) is 0 Å². The predicted octanol–water partition coefficient (Wildman–Crippen LogP) is 3.85. The molecule has 1 aromatic heterocycles. The molecule has 0 radical (unpaired) electrons. The third kappa shape index (κ3) is 3.90. The topological polar surface area (TPSA) is 19.4 Å². The lowest BCUT2D eigenvalue weighted by Gasteiger charge is -2.18. The van der Waals surface area contributed by atoms with E-state index in [4.69, 9.17) is 0 Å². The first kappa shape index (κ1) is 16.1. The van der Waals surface area contributed by atoms with E-state index in [0.29, 0.717) is 13.2 Å². The number of hydrogen-bond acceptors (Lipinski definition) is 3. The van der Waals surface area contributed by atoms with Crippen molar-refractivity contribution in [3.63, 3.8) is 0 Å². The molecular formula is C16H18F3N3. The van der Waals surface area contributed by atoms with E-state index >= 15 is 0 Å². The molecule has 0 amide bonds. The Morgan fingerprint density at radius 1 is 1.14 bits per heavy atom. The fraction of sp³-hybridized carbons (Fsp3) is 0.312. The molecule has 0 fully saturated rings. The highest BCUT2D eigenvalue weighted by Gasteiger charge is 2.39. The molecule has 0 spiro atoms. The van der Waals surface area contributed by atoms with E-state index in [2.05, 4.69) is 17.1 Å². The van der Waals surface area contributed by atoms with E-state index in [9.17, 15) is 13.2 Å². The lowest BCUT2D eigenvalue weighted by atomic mass is 10.2. The van der Waals surface area contributed by atoms with Gasteiger partial charge in [-0.05, 0) is 19.1 Å². The number of aromatic nitrogens is 1. The molecule has 1 aliphatic heterocycles. The Morgan fingerprint density at radius 2 is 1.82 bits per heavy atom. The van der Waals surface area contributed by atoms with Gasteiger partial charge in [0.05, 0.1) is 12.2 Å². The number of fused-ring (bicyclic) bond motifs is 1. The van der Waals surface area contributed by atoms with Crippen molar-refractivity contribution in [2.75, 3.05) is 20.3 Å². The minimum absolute atomic E-state index is 0.325. The zero-order chi connectivity index (χ0) is 16.2. The van der Waals surface area contributed by atoms with E-state index in [1.165, 1.54) is 17.3 Å². The summed E-state index contributed by atoms with van der Waals surface area (Å²) in [5.41, 5.74) is 0.495. The first-order valence-electron chi connectivity index (χ1n) is 6.95. The monoisotopic (exact) mass is 309 g/mol. The summed E-state index contributed by atoms with van der Waals surface area (Å²) < 4.78 is 36.6. The molecular weight excluding hydrogens is 291 g/mol. The van der Waals surface area contributed by atoms with Crippen LogP contribution in [0.25, 0.3) is 10.9 Å². The number of rotatable bonds is 1. The maximum Gasteiger partial charge on any atom is 0.432 e. The van der Waals surface area contributed by atoms with Crippen molar-refractivity contribution < 1.29 is 13.2 Å². The van der Waals surface area contributed by atoms with E-state index in [0.717, 1.165) is 11.7 Å². The van der Waals surface area contributed by atoms with Gasteiger partial charge in [0, 0.05) is 31.4 Å². The predicted molar refractivity (Wildman–Crippen MR) is 80.9 cm³/mol. The van der Waals surface area contributed by atoms with Crippen LogP contribution in [0.1, 0.15) is 6.92 Å². The van der Waals surface area contributed by atoms with Crippen LogP contribution in [0.4, 0.5) is 13.2 Å². The standard InChI is InChI=1S/C9H7N.C7H11F3N2/c1-2-6-9-8(4-1)5-3-7-10-9;1-3-12-4-6(7(8,9)10)11(2)5-12/h1-7H;4H,3,5H2,1-2H3. The Kier molecular flexibility index (Phi) is 4.90. The van der Waals surface area contributed by atoms with Crippen LogP contribution >= 0.6 is 0 Å². The molecule has 2 heterocycles. The maximum absolute atomic E-state index is 12.2. The molecule has 3 nitrogen and oxygen atoms in total. The third-order valence-corrected chi connectivity index (χ3v) is 3.32. The molecule has 0 saturated carbocycles. The van der Waals surface area contributed by atoms with Crippen LogP contribution in [0.5, 0.6) is 0 Å². The van der Waals surface area contributed by atoms with Gasteiger partial charge in [0.15, 0.2) is 0 Å². The van der Waals surface area contributed by atoms with Crippen LogP contribution in [0.2, 0.25) is 0 Å². The van der Waals surface area contributed by atoms with Crippen LogP contribution < -0.4 is 0 Å². The number of halogens is 3. The van der Waals surface area contributed by atoms with Crippen molar-refractivity contribution >= 4 is 10.9 Å². The van der Waals surface area contributed by atoms with Gasteiger partial charge in [-0.2, -0.15) is 13.2 Å². The van der Waals surface area contributed by atoms with E-state index < -0.39 is 11.9 Å². The highest BCUT2D eigenvalue weighted by Crippen LogP contribution is 2.31. The number of para-hydroxylation sites is 1. The summed E-state index contributed by atoms with van der Waals surface area (Å²) in [7, 11) is 1.44. The van der Waals surface area contributed by atoms with E-state index in [1.807, 2.05) is 37.4 Å². The van der Waals surface area contributed by atoms with Crippen molar-refractivity contribution in [1.82, 2.24) is 14.8 Å². The van der Waals surface area contributed by atoms with Gasteiger partial charge in [0.25, 0.3) is 0 Å². The summed E-state index contributed by atoms with van der Waals surface area (Å²) in [6.07, 6.45) is -1.26. The average Bonchev–Trinajstić information content (AvgIpc) is 2.89. The van der Waals surface area contributed by atoms with Gasteiger partial charge in [-0.25, -0.2) is 0 Å². The minimum Gasteiger partial charge on any atom is -0.358 e. The Morgan fingerprint density at radius 3 is 2.36 bits per heavy atom. The smallest absolute Gasteiger partial charge is 0.358 e. The van der Waals surface area contributed by atoms with Crippen molar-refractivity contribution in [3.8, 4) is 0 Å². The maximum atomic E-state index is 12.2. The van der Waals surface area contributed by atoms with Crippen molar-refractivity contribution in [3.05, 3.63) is 54.5 Å². The second-order valence-electron chi connectivity index (χ2n) is 4.95. The lowest BCUT2D eigenvalue weighted by molar-refractivity contribution is -0.107. The molecule has 22 heavy (non-hydrogen) atoms. The van der Waals surface area contributed by atoms with Gasteiger partial charge < -0.3 is 9.80 Å². The van der Waals surface area contributed by atoms with Crippen LogP contribution in [0.15, 0.2) is 54.5 Å². The fourth-order valence-electron chi connectivity index (χ4n) is 2.16. The average molecular weight is 309 g/mol. The molecule has 3 rings (SSSR count). The van der Waals surface area contributed by atoms with Crippen molar-refractivity contribution in [2.45, 2.75) is 13.1 Å². The SMILES string of the molecule is CCN1C=C(C(F)(F)F)N(C)C1.c1ccc2ncccc2c1. The zero-order valence-electron chi connectivity index (χ0n) is 12.5. The van der Waals surface area contributed by atoms with Gasteiger partial charge in [0.2, 0.25) is 0 Å². The summed E-state index contributed by atoms with van der Waals surface area (Å²) in [5.74, 6) is 0. The van der Waals surface area contributed by atoms with Gasteiger partial charge in [-0.15, -0.1) is 0 Å². The molecule has 0 unspecified atom stereocenters. The summed E-state index contributed by atoms with van der Waals surface area (Å²) in [4.78, 5) is 6.99. The lowest BCUT2D eigenvalue weighted by Crippen LogP contribution is -2.27. The minimum atomic E-state index is -4.22. The van der Waals surface area contributed by atoms with Crippen LogP contribution in [-0.4, -0.2) is 41.2 Å². The molecule has 0 aliphatic carbocycles. The number of allylic oxidation sites excluding steroid dienone is 1. The molecule has 0 bridgehead atoms. The summed E-state index contributed by atoms with van der Waals surface area (Å²) in [6, 6.07) is 12.1. The quantitative estimate of drug-likeness (QED) is 0.797. The number of hydrogen-bond donors (Lipinski definition) is 0. The highest BCUT2D eigenvalue weighted by atomic mass is 19.4. The Hall–Kier alpha value is -2.24. The second-order valence-corrected chi connectivity index (χ2v) is 4.95. The zero-order valence-corrected chi connectivity index (χ0v) is 12.5. The summed E-state index contributed by atoms with van der Waals surface area (Å²) in [5, 5.41) is 1.20. The van der Waals surface area contributed by atoms with Gasteiger partial charge in [0.1, 0.15) is 5.70 Å². The van der Waals surface area contributed by atoms with Gasteiger partial charge in [-0.1, -0.05) is 24.3 Å². The molecule has 6 heteroatoms. The van der Waals surface area contributed by atoms with E-state index in [1.54, 1.807) is 4.90 Å². The Bertz CT molecular complexity index is 587. The van der Waals surface area contributed by atoms with Crippen molar-refractivity contribution in [1.29, 1.82) is 0 Å². The number of pyridine rings is 1. The molecule has 0 N–H and O–H groups in total. The van der Waals surface area contributed by atoms with Gasteiger partial charge in [-0.3, -0.25) is 4.98 Å². The summed E-state index contributed by atoms with van der Waals surface area (Å²) >= 11 is 0. The molecule has 0 saturated heterocycles. The second kappa shape index (κ2) is 6.68. The molecule has 1 aromatic carbocycles.